The largest absolute Gasteiger partial charge is 0.258 e. The van der Waals surface area contributed by atoms with Crippen LogP contribution in [-0.4, -0.2) is 19.8 Å². The Bertz CT molecular complexity index is 264. The van der Waals surface area contributed by atoms with Crippen molar-refractivity contribution in [2.75, 3.05) is 11.5 Å². The third kappa shape index (κ3) is 2.02. The van der Waals surface area contributed by atoms with E-state index >= 15 is 0 Å². The van der Waals surface area contributed by atoms with E-state index in [9.17, 15) is 4.21 Å². The number of hydrogen-bond donors (Lipinski definition) is 0. The summed E-state index contributed by atoms with van der Waals surface area (Å²) in [5.41, 5.74) is 0. The molecule has 1 heterocycles. The smallest absolute Gasteiger partial charge is 0.0942 e. The van der Waals surface area contributed by atoms with Crippen molar-refractivity contribution in [3.05, 3.63) is 0 Å². The van der Waals surface area contributed by atoms with Gasteiger partial charge in [-0.05, 0) is 30.6 Å². The van der Waals surface area contributed by atoms with Gasteiger partial charge in [-0.25, -0.2) is 0 Å². The Morgan fingerprint density at radius 3 is 2.67 bits per heavy atom. The molecule has 1 saturated heterocycles. The summed E-state index contributed by atoms with van der Waals surface area (Å²) in [4.78, 5) is 0. The van der Waals surface area contributed by atoms with Gasteiger partial charge < -0.3 is 0 Å². The SMILES string of the molecule is CC1CCC(C(C)C)C2(C1)SCCS2=O. The highest BCUT2D eigenvalue weighted by Crippen LogP contribution is 2.54. The molecule has 88 valence electrons. The van der Waals surface area contributed by atoms with Crippen molar-refractivity contribution in [2.45, 2.75) is 44.1 Å². The normalized spacial score (nSPS) is 46.5. The van der Waals surface area contributed by atoms with Crippen LogP contribution in [0.2, 0.25) is 0 Å². The molecule has 15 heavy (non-hydrogen) atoms. The zero-order valence-corrected chi connectivity index (χ0v) is 11.6. The second-order valence-electron chi connectivity index (χ2n) is 5.45. The highest BCUT2D eigenvalue weighted by molar-refractivity contribution is 8.15. The van der Waals surface area contributed by atoms with Gasteiger partial charge in [-0.2, -0.15) is 0 Å². The first kappa shape index (κ1) is 12.0. The Kier molecular flexibility index (Phi) is 3.51. The van der Waals surface area contributed by atoms with E-state index in [1.54, 1.807) is 0 Å². The molecule has 1 aliphatic heterocycles. The van der Waals surface area contributed by atoms with E-state index in [4.69, 9.17) is 0 Å². The van der Waals surface area contributed by atoms with Crippen molar-refractivity contribution < 1.29 is 4.21 Å². The quantitative estimate of drug-likeness (QED) is 0.706. The molecular weight excluding hydrogens is 224 g/mol. The molecule has 4 unspecified atom stereocenters. The van der Waals surface area contributed by atoms with E-state index in [2.05, 4.69) is 20.8 Å². The summed E-state index contributed by atoms with van der Waals surface area (Å²) in [6.45, 7) is 6.94. The second kappa shape index (κ2) is 4.40. The molecule has 0 N–H and O–H groups in total. The molecule has 0 aromatic heterocycles. The molecule has 0 aromatic rings. The lowest BCUT2D eigenvalue weighted by Crippen LogP contribution is -2.44. The first-order valence-electron chi connectivity index (χ1n) is 6.08. The van der Waals surface area contributed by atoms with Crippen molar-refractivity contribution in [2.24, 2.45) is 17.8 Å². The van der Waals surface area contributed by atoms with Gasteiger partial charge in [0.1, 0.15) is 0 Å². The predicted octanol–water partition coefficient (Wildman–Crippen LogP) is 3.27. The molecule has 0 bridgehead atoms. The minimum atomic E-state index is -0.576. The molecule has 1 spiro atoms. The Labute approximate surface area is 100 Å². The van der Waals surface area contributed by atoms with Crippen molar-refractivity contribution in [3.8, 4) is 0 Å². The van der Waals surface area contributed by atoms with E-state index < -0.39 is 10.8 Å². The van der Waals surface area contributed by atoms with Gasteiger partial charge in [0.05, 0.1) is 4.08 Å². The van der Waals surface area contributed by atoms with Gasteiger partial charge in [0, 0.05) is 22.3 Å². The Hall–Kier alpha value is 0.500. The minimum absolute atomic E-state index is 0.131. The van der Waals surface area contributed by atoms with Crippen LogP contribution in [0.3, 0.4) is 0 Å². The topological polar surface area (TPSA) is 17.1 Å². The molecule has 2 rings (SSSR count). The van der Waals surface area contributed by atoms with E-state index in [1.807, 2.05) is 11.8 Å². The van der Waals surface area contributed by atoms with Crippen molar-refractivity contribution in [3.63, 3.8) is 0 Å². The Morgan fingerprint density at radius 1 is 1.40 bits per heavy atom. The third-order valence-electron chi connectivity index (χ3n) is 3.97. The molecule has 0 radical (unpaired) electrons. The number of hydrogen-bond acceptors (Lipinski definition) is 2. The van der Waals surface area contributed by atoms with Gasteiger partial charge in [0.15, 0.2) is 0 Å². The molecule has 2 aliphatic rings. The van der Waals surface area contributed by atoms with Crippen LogP contribution in [0, 0.1) is 17.8 Å². The van der Waals surface area contributed by atoms with E-state index in [0.717, 1.165) is 17.4 Å². The van der Waals surface area contributed by atoms with Gasteiger partial charge >= 0.3 is 0 Å². The molecule has 4 atom stereocenters. The fraction of sp³-hybridized carbons (Fsp3) is 1.00. The fourth-order valence-electron chi connectivity index (χ4n) is 3.22. The van der Waals surface area contributed by atoms with Crippen LogP contribution < -0.4 is 0 Å². The maximum absolute atomic E-state index is 12.3. The Balaban J connectivity index is 2.26. The molecule has 0 amide bonds. The molecule has 1 aliphatic carbocycles. The zero-order chi connectivity index (χ0) is 11.1. The third-order valence-corrected chi connectivity index (χ3v) is 8.32. The molecule has 3 heteroatoms. The first-order valence-corrected chi connectivity index (χ1v) is 8.39. The van der Waals surface area contributed by atoms with Crippen LogP contribution in [-0.2, 0) is 10.8 Å². The first-order chi connectivity index (χ1) is 7.06. The van der Waals surface area contributed by atoms with Gasteiger partial charge in [0.25, 0.3) is 0 Å². The van der Waals surface area contributed by atoms with Crippen molar-refractivity contribution >= 4 is 22.6 Å². The van der Waals surface area contributed by atoms with Gasteiger partial charge in [-0.1, -0.05) is 27.2 Å². The molecular formula is C12H22OS2. The van der Waals surface area contributed by atoms with Crippen LogP contribution in [0.1, 0.15) is 40.0 Å². The van der Waals surface area contributed by atoms with E-state index in [0.29, 0.717) is 11.8 Å². The summed E-state index contributed by atoms with van der Waals surface area (Å²) < 4.78 is 12.4. The molecule has 1 saturated carbocycles. The van der Waals surface area contributed by atoms with Crippen LogP contribution in [0.25, 0.3) is 0 Å². The van der Waals surface area contributed by atoms with Crippen molar-refractivity contribution in [1.82, 2.24) is 0 Å². The van der Waals surface area contributed by atoms with E-state index in [-0.39, 0.29) is 4.08 Å². The lowest BCUT2D eigenvalue weighted by molar-refractivity contribution is 0.224. The summed E-state index contributed by atoms with van der Waals surface area (Å²) in [5.74, 6) is 4.19. The maximum atomic E-state index is 12.3. The van der Waals surface area contributed by atoms with Crippen molar-refractivity contribution in [1.29, 1.82) is 0 Å². The predicted molar refractivity (Wildman–Crippen MR) is 69.5 cm³/mol. The number of rotatable bonds is 1. The summed E-state index contributed by atoms with van der Waals surface area (Å²) in [7, 11) is -0.576. The minimum Gasteiger partial charge on any atom is -0.258 e. The molecule has 2 fully saturated rings. The van der Waals surface area contributed by atoms with Crippen LogP contribution in [0.15, 0.2) is 0 Å². The average molecular weight is 246 g/mol. The summed E-state index contributed by atoms with van der Waals surface area (Å²) >= 11 is 2.01. The highest BCUT2D eigenvalue weighted by atomic mass is 32.2. The van der Waals surface area contributed by atoms with Crippen LogP contribution in [0.5, 0.6) is 0 Å². The summed E-state index contributed by atoms with van der Waals surface area (Å²) in [5, 5.41) is 0. The lowest BCUT2D eigenvalue weighted by Gasteiger charge is -2.44. The molecule has 0 aromatic carbocycles. The van der Waals surface area contributed by atoms with Gasteiger partial charge in [-0.15, -0.1) is 11.8 Å². The second-order valence-corrected chi connectivity index (χ2v) is 8.96. The molecule has 1 nitrogen and oxygen atoms in total. The summed E-state index contributed by atoms with van der Waals surface area (Å²) in [6.07, 6.45) is 3.81. The Morgan fingerprint density at radius 2 is 2.13 bits per heavy atom. The zero-order valence-electron chi connectivity index (χ0n) is 9.99. The van der Waals surface area contributed by atoms with Gasteiger partial charge in [-0.3, -0.25) is 4.21 Å². The average Bonchev–Trinajstić information content (AvgIpc) is 2.48. The number of thioether (sulfide) groups is 1. The monoisotopic (exact) mass is 246 g/mol. The van der Waals surface area contributed by atoms with Crippen LogP contribution in [0.4, 0.5) is 0 Å². The summed E-state index contributed by atoms with van der Waals surface area (Å²) in [6, 6.07) is 0. The fourth-order valence-corrected chi connectivity index (χ4v) is 8.08. The lowest BCUT2D eigenvalue weighted by atomic mass is 9.76. The maximum Gasteiger partial charge on any atom is 0.0942 e. The van der Waals surface area contributed by atoms with Gasteiger partial charge in [0.2, 0.25) is 0 Å². The highest BCUT2D eigenvalue weighted by Gasteiger charge is 2.51. The van der Waals surface area contributed by atoms with Crippen LogP contribution >= 0.6 is 11.8 Å². The standard InChI is InChI=1S/C12H22OS2/c1-9(2)11-5-4-10(3)8-12(11)14-6-7-15(12)13/h9-11H,4-8H2,1-3H3. The van der Waals surface area contributed by atoms with E-state index in [1.165, 1.54) is 19.3 Å².